The van der Waals surface area contributed by atoms with Gasteiger partial charge in [0, 0.05) is 18.0 Å². The van der Waals surface area contributed by atoms with E-state index in [1.165, 1.54) is 6.42 Å². The molecule has 1 unspecified atom stereocenters. The average molecular weight is 305 g/mol. The Balaban J connectivity index is 1.65. The van der Waals surface area contributed by atoms with Crippen LogP contribution in [0.2, 0.25) is 0 Å². The van der Waals surface area contributed by atoms with Crippen molar-refractivity contribution < 1.29 is 9.59 Å². The molecule has 2 aliphatic rings. The Morgan fingerprint density at radius 3 is 2.86 bits per heavy atom. The van der Waals surface area contributed by atoms with Crippen molar-refractivity contribution in [2.75, 3.05) is 0 Å². The van der Waals surface area contributed by atoms with Crippen molar-refractivity contribution in [1.82, 2.24) is 10.7 Å². The maximum Gasteiger partial charge on any atom is 0.253 e. The van der Waals surface area contributed by atoms with E-state index in [0.29, 0.717) is 6.42 Å². The van der Waals surface area contributed by atoms with Crippen molar-refractivity contribution in [3.8, 4) is 0 Å². The van der Waals surface area contributed by atoms with Crippen molar-refractivity contribution >= 4 is 28.9 Å². The highest BCUT2D eigenvalue weighted by Gasteiger charge is 2.33. The minimum atomic E-state index is -0.667. The highest BCUT2D eigenvalue weighted by Crippen LogP contribution is 2.20. The first-order chi connectivity index (χ1) is 10.2. The molecule has 5 nitrogen and oxygen atoms in total. The Labute approximate surface area is 127 Å². The van der Waals surface area contributed by atoms with Crippen molar-refractivity contribution in [2.24, 2.45) is 11.0 Å². The summed E-state index contributed by atoms with van der Waals surface area (Å²) in [6.45, 7) is 0. The molecule has 0 spiro atoms. The van der Waals surface area contributed by atoms with E-state index < -0.39 is 5.92 Å². The lowest BCUT2D eigenvalue weighted by Crippen LogP contribution is -2.47. The second-order valence-electron chi connectivity index (χ2n) is 5.65. The first kappa shape index (κ1) is 14.3. The minimum Gasteiger partial charge on any atom is -0.353 e. The number of rotatable bonds is 3. The number of hydrogen-bond donors (Lipinski definition) is 2. The van der Waals surface area contributed by atoms with Gasteiger partial charge < -0.3 is 5.32 Å². The molecule has 1 aromatic rings. The van der Waals surface area contributed by atoms with Gasteiger partial charge in [-0.2, -0.15) is 16.4 Å². The van der Waals surface area contributed by atoms with Crippen molar-refractivity contribution in [3.63, 3.8) is 0 Å². The van der Waals surface area contributed by atoms with Gasteiger partial charge in [-0.15, -0.1) is 0 Å². The fourth-order valence-electron chi connectivity index (χ4n) is 2.90. The molecule has 2 heterocycles. The summed E-state index contributed by atoms with van der Waals surface area (Å²) in [5.41, 5.74) is 4.24. The average Bonchev–Trinajstić information content (AvgIpc) is 3.03. The number of hydrazone groups is 1. The number of hydrogen-bond acceptors (Lipinski definition) is 4. The van der Waals surface area contributed by atoms with Crippen LogP contribution < -0.4 is 10.7 Å². The number of carbonyl (C=O) groups is 2. The van der Waals surface area contributed by atoms with E-state index >= 15 is 0 Å². The summed E-state index contributed by atoms with van der Waals surface area (Å²) in [6.07, 6.45) is 5.97. The summed E-state index contributed by atoms with van der Waals surface area (Å²) in [4.78, 5) is 24.3. The van der Waals surface area contributed by atoms with Gasteiger partial charge in [-0.1, -0.05) is 19.3 Å². The van der Waals surface area contributed by atoms with Crippen molar-refractivity contribution in [2.45, 2.75) is 44.6 Å². The first-order valence-electron chi connectivity index (χ1n) is 7.43. The molecule has 6 heteroatoms. The lowest BCUT2D eigenvalue weighted by Gasteiger charge is -2.26. The topological polar surface area (TPSA) is 70.6 Å². The molecule has 112 valence electrons. The quantitative estimate of drug-likeness (QED) is 0.839. The van der Waals surface area contributed by atoms with Gasteiger partial charge in [-0.25, -0.2) is 5.43 Å². The van der Waals surface area contributed by atoms with E-state index in [-0.39, 0.29) is 17.9 Å². The number of carbonyl (C=O) groups excluding carboxylic acids is 2. The van der Waals surface area contributed by atoms with Crippen LogP contribution in [0.3, 0.4) is 0 Å². The second kappa shape index (κ2) is 6.39. The van der Waals surface area contributed by atoms with E-state index in [2.05, 4.69) is 15.8 Å². The van der Waals surface area contributed by atoms with Gasteiger partial charge in [0.05, 0.1) is 5.71 Å². The molecule has 1 aromatic heterocycles. The summed E-state index contributed by atoms with van der Waals surface area (Å²) in [5.74, 6) is -1.14. The molecule has 3 rings (SSSR count). The van der Waals surface area contributed by atoms with E-state index in [1.54, 1.807) is 11.3 Å². The monoisotopic (exact) mass is 305 g/mol. The van der Waals surface area contributed by atoms with E-state index in [9.17, 15) is 9.59 Å². The van der Waals surface area contributed by atoms with Gasteiger partial charge in [-0.3, -0.25) is 9.59 Å². The smallest absolute Gasteiger partial charge is 0.253 e. The predicted molar refractivity (Wildman–Crippen MR) is 82.1 cm³/mol. The molecule has 0 saturated heterocycles. The third-order valence-corrected chi connectivity index (χ3v) is 4.82. The molecule has 1 aliphatic heterocycles. The third-order valence-electron chi connectivity index (χ3n) is 4.14. The molecular weight excluding hydrogens is 286 g/mol. The standard InChI is InChI=1S/C15H19N3O2S/c19-14(16-11-4-2-1-3-5-11)12-8-13(17-18-15(12)20)10-6-7-21-9-10/h6-7,9,11-12H,1-5,8H2,(H,16,19)(H,18,20). The molecule has 2 N–H and O–H groups in total. The normalized spacial score (nSPS) is 23.3. The molecule has 21 heavy (non-hydrogen) atoms. The summed E-state index contributed by atoms with van der Waals surface area (Å²) in [5, 5.41) is 11.1. The molecule has 2 amide bonds. The SMILES string of the molecule is O=C1NN=C(c2ccsc2)CC1C(=O)NC1CCCCC1. The van der Waals surface area contributed by atoms with Crippen molar-refractivity contribution in [3.05, 3.63) is 22.4 Å². The van der Waals surface area contributed by atoms with Gasteiger partial charge in [0.25, 0.3) is 5.91 Å². The zero-order chi connectivity index (χ0) is 14.7. The lowest BCUT2D eigenvalue weighted by molar-refractivity contribution is -0.135. The van der Waals surface area contributed by atoms with Crippen LogP contribution in [0, 0.1) is 5.92 Å². The second-order valence-corrected chi connectivity index (χ2v) is 6.43. The Hall–Kier alpha value is -1.69. The lowest BCUT2D eigenvalue weighted by atomic mass is 9.92. The van der Waals surface area contributed by atoms with Crippen LogP contribution in [0.4, 0.5) is 0 Å². The van der Waals surface area contributed by atoms with E-state index in [4.69, 9.17) is 0 Å². The Kier molecular flexibility index (Phi) is 4.34. The Bertz CT molecular complexity index is 547. The minimum absolute atomic E-state index is 0.165. The number of nitrogens with one attached hydrogen (secondary N) is 2. The van der Waals surface area contributed by atoms with Crippen LogP contribution >= 0.6 is 11.3 Å². The number of nitrogens with zero attached hydrogens (tertiary/aromatic N) is 1. The third kappa shape index (κ3) is 3.32. The van der Waals surface area contributed by atoms with Crippen LogP contribution in [-0.2, 0) is 9.59 Å². The summed E-state index contributed by atoms with van der Waals surface area (Å²) in [6, 6.07) is 2.18. The fraction of sp³-hybridized carbons (Fsp3) is 0.533. The summed E-state index contributed by atoms with van der Waals surface area (Å²) >= 11 is 1.58. The number of amides is 2. The zero-order valence-electron chi connectivity index (χ0n) is 11.8. The van der Waals surface area contributed by atoms with Gasteiger partial charge in [0.2, 0.25) is 5.91 Å². The van der Waals surface area contributed by atoms with Crippen LogP contribution in [-0.4, -0.2) is 23.6 Å². The molecule has 0 aromatic carbocycles. The van der Waals surface area contributed by atoms with E-state index in [0.717, 1.165) is 37.0 Å². The Morgan fingerprint density at radius 1 is 1.33 bits per heavy atom. The number of thiophene rings is 1. The van der Waals surface area contributed by atoms with E-state index in [1.807, 2.05) is 16.8 Å². The molecule has 1 aliphatic carbocycles. The zero-order valence-corrected chi connectivity index (χ0v) is 12.6. The maximum absolute atomic E-state index is 12.4. The Morgan fingerprint density at radius 2 is 2.14 bits per heavy atom. The highest BCUT2D eigenvalue weighted by atomic mass is 32.1. The van der Waals surface area contributed by atoms with Gasteiger partial charge in [0.15, 0.2) is 0 Å². The molecule has 1 saturated carbocycles. The summed E-state index contributed by atoms with van der Waals surface area (Å²) < 4.78 is 0. The fourth-order valence-corrected chi connectivity index (χ4v) is 3.57. The van der Waals surface area contributed by atoms with Gasteiger partial charge >= 0.3 is 0 Å². The van der Waals surface area contributed by atoms with Crippen LogP contribution in [0.15, 0.2) is 21.9 Å². The van der Waals surface area contributed by atoms with Gasteiger partial charge in [-0.05, 0) is 29.7 Å². The van der Waals surface area contributed by atoms with Crippen LogP contribution in [0.1, 0.15) is 44.1 Å². The molecule has 0 radical (unpaired) electrons. The first-order valence-corrected chi connectivity index (χ1v) is 8.37. The van der Waals surface area contributed by atoms with Gasteiger partial charge in [0.1, 0.15) is 5.92 Å². The van der Waals surface area contributed by atoms with Crippen molar-refractivity contribution in [1.29, 1.82) is 0 Å². The van der Waals surface area contributed by atoms with Crippen LogP contribution in [0.5, 0.6) is 0 Å². The van der Waals surface area contributed by atoms with Crippen LogP contribution in [0.25, 0.3) is 0 Å². The summed E-state index contributed by atoms with van der Waals surface area (Å²) in [7, 11) is 0. The molecular formula is C15H19N3O2S. The maximum atomic E-state index is 12.4. The predicted octanol–water partition coefficient (Wildman–Crippen LogP) is 2.04. The largest absolute Gasteiger partial charge is 0.353 e. The molecule has 0 bridgehead atoms. The molecule has 1 fully saturated rings. The highest BCUT2D eigenvalue weighted by molar-refractivity contribution is 7.08. The molecule has 1 atom stereocenters.